The molecule has 0 aromatic carbocycles. The lowest BCUT2D eigenvalue weighted by Gasteiger charge is -2.40. The zero-order valence-corrected chi connectivity index (χ0v) is 14.4. The highest BCUT2D eigenvalue weighted by atomic mass is 16.5. The highest BCUT2D eigenvalue weighted by molar-refractivity contribution is 5.01. The predicted octanol–water partition coefficient (Wildman–Crippen LogP) is 3.21. The summed E-state index contributed by atoms with van der Waals surface area (Å²) in [6.45, 7) is 10.9. The number of hydrogen-bond acceptors (Lipinski definition) is 3. The van der Waals surface area contributed by atoms with E-state index in [0.29, 0.717) is 30.5 Å². The third-order valence-electron chi connectivity index (χ3n) is 5.69. The summed E-state index contributed by atoms with van der Waals surface area (Å²) in [5.41, 5.74) is -0.197. The summed E-state index contributed by atoms with van der Waals surface area (Å²) in [7, 11) is 0. The third kappa shape index (κ3) is 4.20. The number of likely N-dealkylation sites (N-methyl/N-ethyl adjacent to an activating group) is 1. The fourth-order valence-electron chi connectivity index (χ4n) is 4.09. The normalized spacial score (nSPS) is 33.1. The Morgan fingerprint density at radius 1 is 1.24 bits per heavy atom. The van der Waals surface area contributed by atoms with Gasteiger partial charge in [0.15, 0.2) is 0 Å². The van der Waals surface area contributed by atoms with Crippen LogP contribution in [-0.2, 0) is 4.74 Å². The summed E-state index contributed by atoms with van der Waals surface area (Å²) >= 11 is 0. The van der Waals surface area contributed by atoms with Crippen LogP contribution in [0.25, 0.3) is 0 Å². The van der Waals surface area contributed by atoms with Crippen molar-refractivity contribution in [3.8, 4) is 0 Å². The average Bonchev–Trinajstić information content (AvgIpc) is 3.28. The van der Waals surface area contributed by atoms with E-state index < -0.39 is 0 Å². The molecule has 0 bridgehead atoms. The molecule has 0 aromatic rings. The first-order valence-electron chi connectivity index (χ1n) is 9.00. The quantitative estimate of drug-likeness (QED) is 0.723. The monoisotopic (exact) mass is 297 g/mol. The van der Waals surface area contributed by atoms with Crippen molar-refractivity contribution in [2.45, 2.75) is 71.4 Å². The van der Waals surface area contributed by atoms with E-state index >= 15 is 0 Å². The SMILES string of the molecule is CCNC(CO)(COC1CC(C)CCC1C(C)C)C1CC1. The average molecular weight is 297 g/mol. The molecule has 0 spiro atoms. The number of aliphatic hydroxyl groups excluding tert-OH is 1. The molecule has 2 aliphatic rings. The topological polar surface area (TPSA) is 41.5 Å². The van der Waals surface area contributed by atoms with Crippen molar-refractivity contribution in [2.24, 2.45) is 23.7 Å². The summed E-state index contributed by atoms with van der Waals surface area (Å²) < 4.78 is 6.42. The molecule has 0 radical (unpaired) electrons. The van der Waals surface area contributed by atoms with Crippen LogP contribution in [0.3, 0.4) is 0 Å². The van der Waals surface area contributed by atoms with Gasteiger partial charge in [0, 0.05) is 0 Å². The van der Waals surface area contributed by atoms with E-state index in [2.05, 4.69) is 33.0 Å². The summed E-state index contributed by atoms with van der Waals surface area (Å²) in [5.74, 6) is 2.74. The van der Waals surface area contributed by atoms with Crippen molar-refractivity contribution in [1.82, 2.24) is 5.32 Å². The molecule has 4 unspecified atom stereocenters. The van der Waals surface area contributed by atoms with Gasteiger partial charge >= 0.3 is 0 Å². The maximum absolute atomic E-state index is 9.93. The second-order valence-electron chi connectivity index (χ2n) is 7.79. The largest absolute Gasteiger partial charge is 0.394 e. The van der Waals surface area contributed by atoms with Gasteiger partial charge < -0.3 is 15.2 Å². The summed E-state index contributed by atoms with van der Waals surface area (Å²) in [4.78, 5) is 0. The molecule has 0 aromatic heterocycles. The second kappa shape index (κ2) is 7.43. The Morgan fingerprint density at radius 3 is 2.48 bits per heavy atom. The molecule has 124 valence electrons. The van der Waals surface area contributed by atoms with Crippen molar-refractivity contribution >= 4 is 0 Å². The van der Waals surface area contributed by atoms with Crippen LogP contribution in [0.15, 0.2) is 0 Å². The lowest BCUT2D eigenvalue weighted by atomic mass is 9.75. The Bertz CT molecular complexity index is 316. The minimum Gasteiger partial charge on any atom is -0.394 e. The number of hydrogen-bond donors (Lipinski definition) is 2. The molecule has 0 amide bonds. The van der Waals surface area contributed by atoms with E-state index in [1.807, 2.05) is 0 Å². The fraction of sp³-hybridized carbons (Fsp3) is 1.00. The van der Waals surface area contributed by atoms with Gasteiger partial charge in [-0.2, -0.15) is 0 Å². The van der Waals surface area contributed by atoms with Crippen LogP contribution in [-0.4, -0.2) is 36.5 Å². The van der Waals surface area contributed by atoms with Gasteiger partial charge in [0.05, 0.1) is 24.9 Å². The number of aliphatic hydroxyl groups is 1. The molecular formula is C18H35NO2. The predicted molar refractivity (Wildman–Crippen MR) is 87.3 cm³/mol. The van der Waals surface area contributed by atoms with E-state index in [-0.39, 0.29) is 12.1 Å². The molecule has 2 saturated carbocycles. The zero-order chi connectivity index (χ0) is 15.5. The molecule has 0 heterocycles. The molecule has 3 nitrogen and oxygen atoms in total. The Balaban J connectivity index is 1.97. The van der Waals surface area contributed by atoms with Crippen LogP contribution in [0.5, 0.6) is 0 Å². The third-order valence-corrected chi connectivity index (χ3v) is 5.69. The van der Waals surface area contributed by atoms with Crippen molar-refractivity contribution in [3.05, 3.63) is 0 Å². The van der Waals surface area contributed by atoms with Crippen molar-refractivity contribution in [1.29, 1.82) is 0 Å². The maximum Gasteiger partial charge on any atom is 0.0679 e. The molecule has 2 fully saturated rings. The summed E-state index contributed by atoms with van der Waals surface area (Å²) in [5, 5.41) is 13.5. The van der Waals surface area contributed by atoms with E-state index in [0.717, 1.165) is 12.5 Å². The standard InChI is InChI=1S/C18H35NO2/c1-5-19-18(11-20,15-7-8-15)12-21-17-10-14(4)6-9-16(17)13(2)3/h13-17,19-20H,5-12H2,1-4H3. The van der Waals surface area contributed by atoms with Gasteiger partial charge in [-0.3, -0.25) is 0 Å². The van der Waals surface area contributed by atoms with Gasteiger partial charge in [-0.1, -0.05) is 34.1 Å². The van der Waals surface area contributed by atoms with Crippen LogP contribution in [0.1, 0.15) is 59.8 Å². The Morgan fingerprint density at radius 2 is 1.95 bits per heavy atom. The van der Waals surface area contributed by atoms with Crippen molar-refractivity contribution < 1.29 is 9.84 Å². The number of ether oxygens (including phenoxy) is 1. The summed E-state index contributed by atoms with van der Waals surface area (Å²) in [6.07, 6.45) is 6.64. The minimum atomic E-state index is -0.197. The molecular weight excluding hydrogens is 262 g/mol. The van der Waals surface area contributed by atoms with Crippen LogP contribution in [0.2, 0.25) is 0 Å². The second-order valence-corrected chi connectivity index (χ2v) is 7.79. The molecule has 2 N–H and O–H groups in total. The zero-order valence-electron chi connectivity index (χ0n) is 14.4. The van der Waals surface area contributed by atoms with Gasteiger partial charge in [0.2, 0.25) is 0 Å². The van der Waals surface area contributed by atoms with E-state index in [1.54, 1.807) is 0 Å². The number of nitrogens with one attached hydrogen (secondary N) is 1. The molecule has 3 heteroatoms. The Hall–Kier alpha value is -0.120. The Labute approximate surface area is 130 Å². The molecule has 2 aliphatic carbocycles. The van der Waals surface area contributed by atoms with E-state index in [1.165, 1.54) is 32.1 Å². The molecule has 2 rings (SSSR count). The summed E-state index contributed by atoms with van der Waals surface area (Å²) in [6, 6.07) is 0. The van der Waals surface area contributed by atoms with E-state index in [9.17, 15) is 5.11 Å². The van der Waals surface area contributed by atoms with Crippen molar-refractivity contribution in [3.63, 3.8) is 0 Å². The fourth-order valence-corrected chi connectivity index (χ4v) is 4.09. The first kappa shape index (κ1) is 17.2. The minimum absolute atomic E-state index is 0.195. The van der Waals surface area contributed by atoms with Gasteiger partial charge in [-0.05, 0) is 55.9 Å². The maximum atomic E-state index is 9.93. The molecule has 21 heavy (non-hydrogen) atoms. The first-order valence-corrected chi connectivity index (χ1v) is 9.00. The van der Waals surface area contributed by atoms with Gasteiger partial charge in [0.25, 0.3) is 0 Å². The number of rotatable bonds is 8. The van der Waals surface area contributed by atoms with E-state index in [4.69, 9.17) is 4.74 Å². The Kier molecular flexibility index (Phi) is 6.10. The lowest BCUT2D eigenvalue weighted by molar-refractivity contribution is -0.0736. The van der Waals surface area contributed by atoms with Crippen LogP contribution >= 0.6 is 0 Å². The molecule has 0 aliphatic heterocycles. The van der Waals surface area contributed by atoms with Crippen LogP contribution in [0, 0.1) is 23.7 Å². The van der Waals surface area contributed by atoms with Gasteiger partial charge in [-0.15, -0.1) is 0 Å². The van der Waals surface area contributed by atoms with Crippen molar-refractivity contribution in [2.75, 3.05) is 19.8 Å². The van der Waals surface area contributed by atoms with Gasteiger partial charge in [0.1, 0.15) is 0 Å². The highest BCUT2D eigenvalue weighted by Crippen LogP contribution is 2.41. The molecule has 0 saturated heterocycles. The van der Waals surface area contributed by atoms with Gasteiger partial charge in [-0.25, -0.2) is 0 Å². The first-order chi connectivity index (χ1) is 10.0. The van der Waals surface area contributed by atoms with Crippen LogP contribution < -0.4 is 5.32 Å². The highest BCUT2D eigenvalue weighted by Gasteiger charge is 2.45. The van der Waals surface area contributed by atoms with Crippen LogP contribution in [0.4, 0.5) is 0 Å². The smallest absolute Gasteiger partial charge is 0.0679 e. The molecule has 4 atom stereocenters. The lowest BCUT2D eigenvalue weighted by Crippen LogP contribution is -2.55.